The third-order valence-electron chi connectivity index (χ3n) is 2.33. The van der Waals surface area contributed by atoms with E-state index in [1.165, 1.54) is 12.1 Å². The molecule has 0 aromatic heterocycles. The van der Waals surface area contributed by atoms with Crippen LogP contribution in [0.15, 0.2) is 24.3 Å². The van der Waals surface area contributed by atoms with Crippen LogP contribution in [0.2, 0.25) is 0 Å². The molecule has 17 heavy (non-hydrogen) atoms. The maximum Gasteiger partial charge on any atom is 0.379 e. The van der Waals surface area contributed by atoms with E-state index in [1.807, 2.05) is 0 Å². The van der Waals surface area contributed by atoms with E-state index in [2.05, 4.69) is 4.74 Å². The Kier molecular flexibility index (Phi) is 4.15. The summed E-state index contributed by atoms with van der Waals surface area (Å²) in [6.45, 7) is 3.60. The average Bonchev–Trinajstić information content (AvgIpc) is 2.36. The van der Waals surface area contributed by atoms with Gasteiger partial charge < -0.3 is 4.74 Å². The quantitative estimate of drug-likeness (QED) is 0.453. The summed E-state index contributed by atoms with van der Waals surface area (Å²) in [6.07, 6.45) is 0. The molecule has 0 saturated heterocycles. The lowest BCUT2D eigenvalue weighted by Crippen LogP contribution is -2.16. The van der Waals surface area contributed by atoms with Crippen molar-refractivity contribution in [3.63, 3.8) is 0 Å². The Morgan fingerprint density at radius 1 is 1.00 bits per heavy atom. The fourth-order valence-corrected chi connectivity index (χ4v) is 1.33. The highest BCUT2D eigenvalue weighted by Crippen LogP contribution is 2.10. The number of benzene rings is 1. The second kappa shape index (κ2) is 5.39. The molecule has 0 unspecified atom stereocenters. The van der Waals surface area contributed by atoms with Gasteiger partial charge in [-0.15, -0.1) is 0 Å². The number of methoxy groups -OCH3 is 1. The first kappa shape index (κ1) is 13.1. The van der Waals surface area contributed by atoms with Crippen molar-refractivity contribution in [3.8, 4) is 0 Å². The molecule has 0 saturated carbocycles. The summed E-state index contributed by atoms with van der Waals surface area (Å²) in [4.78, 5) is 34.1. The van der Waals surface area contributed by atoms with E-state index in [9.17, 15) is 14.4 Å². The van der Waals surface area contributed by atoms with Crippen LogP contribution in [0.4, 0.5) is 0 Å². The summed E-state index contributed by atoms with van der Waals surface area (Å²) in [5.74, 6) is -1.72. The Labute approximate surface area is 99.6 Å². The third-order valence-corrected chi connectivity index (χ3v) is 2.33. The van der Waals surface area contributed by atoms with Crippen LogP contribution in [0, 0.1) is 5.92 Å². The summed E-state index contributed by atoms with van der Waals surface area (Å²) in [6, 6.07) is 5.99. The monoisotopic (exact) mass is 234 g/mol. The highest BCUT2D eigenvalue weighted by Gasteiger charge is 2.17. The third kappa shape index (κ3) is 3.00. The fraction of sp³-hybridized carbons (Fsp3) is 0.308. The highest BCUT2D eigenvalue weighted by atomic mass is 16.5. The molecule has 1 rings (SSSR count). The van der Waals surface area contributed by atoms with Crippen LogP contribution in [0.5, 0.6) is 0 Å². The van der Waals surface area contributed by atoms with Crippen molar-refractivity contribution in [1.29, 1.82) is 0 Å². The maximum absolute atomic E-state index is 11.6. The second-order valence-corrected chi connectivity index (χ2v) is 3.92. The molecule has 0 radical (unpaired) electrons. The number of esters is 1. The number of Topliss-reactive ketones (excluding diaryl/α,β-unsaturated/α-hetero) is 2. The zero-order valence-corrected chi connectivity index (χ0v) is 10.0. The number of hydrogen-bond donors (Lipinski definition) is 0. The number of ketones is 2. The van der Waals surface area contributed by atoms with Gasteiger partial charge in [0.1, 0.15) is 0 Å². The molecule has 0 heterocycles. The average molecular weight is 234 g/mol. The molecule has 4 heteroatoms. The molecule has 0 aliphatic rings. The Bertz CT molecular complexity index is 443. The van der Waals surface area contributed by atoms with Crippen LogP contribution >= 0.6 is 0 Å². The topological polar surface area (TPSA) is 60.4 Å². The van der Waals surface area contributed by atoms with Crippen LogP contribution in [0.3, 0.4) is 0 Å². The Hall–Kier alpha value is -1.97. The van der Waals surface area contributed by atoms with E-state index in [0.29, 0.717) is 5.56 Å². The summed E-state index contributed by atoms with van der Waals surface area (Å²) in [5.41, 5.74) is 0.749. The van der Waals surface area contributed by atoms with Crippen molar-refractivity contribution >= 4 is 17.5 Å². The van der Waals surface area contributed by atoms with Crippen molar-refractivity contribution in [3.05, 3.63) is 35.4 Å². The lowest BCUT2D eigenvalue weighted by molar-refractivity contribution is -0.135. The largest absolute Gasteiger partial charge is 0.463 e. The standard InChI is InChI=1S/C13H14O4/c1-8(2)11(14)9-4-6-10(7-5-9)12(15)13(16)17-3/h4-8H,1-3H3. The van der Waals surface area contributed by atoms with Gasteiger partial charge in [-0.2, -0.15) is 0 Å². The van der Waals surface area contributed by atoms with Crippen molar-refractivity contribution in [2.45, 2.75) is 13.8 Å². The maximum atomic E-state index is 11.6. The molecule has 90 valence electrons. The highest BCUT2D eigenvalue weighted by molar-refractivity contribution is 6.40. The van der Waals surface area contributed by atoms with E-state index >= 15 is 0 Å². The number of ether oxygens (including phenoxy) is 1. The van der Waals surface area contributed by atoms with E-state index in [1.54, 1.807) is 26.0 Å². The number of carbonyl (C=O) groups excluding carboxylic acids is 3. The van der Waals surface area contributed by atoms with Crippen LogP contribution < -0.4 is 0 Å². The molecule has 0 aliphatic heterocycles. The van der Waals surface area contributed by atoms with Crippen LogP contribution in [0.1, 0.15) is 34.6 Å². The Morgan fingerprint density at radius 3 is 1.88 bits per heavy atom. The van der Waals surface area contributed by atoms with Gasteiger partial charge in [-0.1, -0.05) is 38.1 Å². The smallest absolute Gasteiger partial charge is 0.379 e. The van der Waals surface area contributed by atoms with Crippen LogP contribution in [-0.2, 0) is 9.53 Å². The van der Waals surface area contributed by atoms with Gasteiger partial charge in [-0.3, -0.25) is 9.59 Å². The number of carbonyl (C=O) groups is 3. The van der Waals surface area contributed by atoms with Gasteiger partial charge in [0.2, 0.25) is 0 Å². The minimum absolute atomic E-state index is 0.00191. The minimum Gasteiger partial charge on any atom is -0.463 e. The lowest BCUT2D eigenvalue weighted by atomic mass is 9.99. The summed E-state index contributed by atoms with van der Waals surface area (Å²) >= 11 is 0. The SMILES string of the molecule is COC(=O)C(=O)c1ccc(C(=O)C(C)C)cc1. The van der Waals surface area contributed by atoms with Gasteiger partial charge in [0.05, 0.1) is 7.11 Å². The fourth-order valence-electron chi connectivity index (χ4n) is 1.33. The molecular weight excluding hydrogens is 220 g/mol. The van der Waals surface area contributed by atoms with Gasteiger partial charge in [0.25, 0.3) is 5.78 Å². The molecule has 1 aromatic carbocycles. The summed E-state index contributed by atoms with van der Waals surface area (Å²) in [7, 11) is 1.15. The molecule has 4 nitrogen and oxygen atoms in total. The van der Waals surface area contributed by atoms with E-state index < -0.39 is 11.8 Å². The molecule has 0 bridgehead atoms. The molecule has 0 spiro atoms. The number of hydrogen-bond acceptors (Lipinski definition) is 4. The Balaban J connectivity index is 2.92. The molecule has 0 N–H and O–H groups in total. The predicted octanol–water partition coefficient (Wildman–Crippen LogP) is 1.88. The van der Waals surface area contributed by atoms with Gasteiger partial charge in [0, 0.05) is 17.0 Å². The van der Waals surface area contributed by atoms with Crippen LogP contribution in [0.25, 0.3) is 0 Å². The molecule has 0 atom stereocenters. The zero-order valence-electron chi connectivity index (χ0n) is 10.0. The summed E-state index contributed by atoms with van der Waals surface area (Å²) < 4.78 is 4.33. The van der Waals surface area contributed by atoms with Gasteiger partial charge in [-0.05, 0) is 0 Å². The van der Waals surface area contributed by atoms with Crippen molar-refractivity contribution in [1.82, 2.24) is 0 Å². The van der Waals surface area contributed by atoms with E-state index in [-0.39, 0.29) is 17.3 Å². The minimum atomic E-state index is -0.909. The van der Waals surface area contributed by atoms with Crippen LogP contribution in [-0.4, -0.2) is 24.6 Å². The first-order valence-electron chi connectivity index (χ1n) is 5.24. The zero-order chi connectivity index (χ0) is 13.0. The normalized spacial score (nSPS) is 10.1. The van der Waals surface area contributed by atoms with Gasteiger partial charge >= 0.3 is 5.97 Å². The van der Waals surface area contributed by atoms with Crippen molar-refractivity contribution in [2.75, 3.05) is 7.11 Å². The first-order chi connectivity index (χ1) is 7.97. The molecule has 0 fully saturated rings. The van der Waals surface area contributed by atoms with Crippen molar-refractivity contribution in [2.24, 2.45) is 5.92 Å². The van der Waals surface area contributed by atoms with E-state index in [0.717, 1.165) is 7.11 Å². The van der Waals surface area contributed by atoms with E-state index in [4.69, 9.17) is 0 Å². The first-order valence-corrected chi connectivity index (χ1v) is 5.24. The van der Waals surface area contributed by atoms with Gasteiger partial charge in [0.15, 0.2) is 5.78 Å². The van der Waals surface area contributed by atoms with Crippen molar-refractivity contribution < 1.29 is 19.1 Å². The predicted molar refractivity (Wildman–Crippen MR) is 62.0 cm³/mol. The summed E-state index contributed by atoms with van der Waals surface area (Å²) in [5, 5.41) is 0. The van der Waals surface area contributed by atoms with Gasteiger partial charge in [-0.25, -0.2) is 4.79 Å². The Morgan fingerprint density at radius 2 is 1.47 bits per heavy atom. The molecular formula is C13H14O4. The number of rotatable bonds is 4. The molecule has 1 aromatic rings. The molecule has 0 aliphatic carbocycles. The second-order valence-electron chi connectivity index (χ2n) is 3.92. The lowest BCUT2D eigenvalue weighted by Gasteiger charge is -2.04. The molecule has 0 amide bonds.